The van der Waals surface area contributed by atoms with Crippen molar-refractivity contribution in [3.63, 3.8) is 0 Å². The van der Waals surface area contributed by atoms with Crippen LogP contribution in [0.4, 0.5) is 4.39 Å². The van der Waals surface area contributed by atoms with Crippen LogP contribution < -0.4 is 10.3 Å². The van der Waals surface area contributed by atoms with E-state index in [4.69, 9.17) is 4.74 Å². The molecule has 0 bridgehead atoms. The summed E-state index contributed by atoms with van der Waals surface area (Å²) in [5.74, 6) is 0.599. The fraction of sp³-hybridized carbons (Fsp3) is 0.292. The fourth-order valence-corrected chi connectivity index (χ4v) is 3.77. The number of ketones is 1. The molecule has 2 heterocycles. The van der Waals surface area contributed by atoms with Crippen LogP contribution in [-0.4, -0.2) is 15.3 Å². The third-order valence-corrected chi connectivity index (χ3v) is 5.53. The number of nitrogens with zero attached hydrogens (tertiary/aromatic N) is 2. The molecule has 2 aromatic carbocycles. The Morgan fingerprint density at radius 2 is 1.77 bits per heavy atom. The fourth-order valence-electron chi connectivity index (χ4n) is 3.77. The summed E-state index contributed by atoms with van der Waals surface area (Å²) in [6.07, 6.45) is 2.77. The van der Waals surface area contributed by atoms with Crippen molar-refractivity contribution in [2.45, 2.75) is 45.8 Å². The summed E-state index contributed by atoms with van der Waals surface area (Å²) in [4.78, 5) is 29.8. The van der Waals surface area contributed by atoms with Gasteiger partial charge in [-0.3, -0.25) is 14.2 Å². The lowest BCUT2D eigenvalue weighted by Gasteiger charge is -2.25. The molecule has 0 radical (unpaired) electrons. The maximum absolute atomic E-state index is 13.0. The summed E-state index contributed by atoms with van der Waals surface area (Å²) < 4.78 is 20.7. The average molecular weight is 406 g/mol. The van der Waals surface area contributed by atoms with Crippen molar-refractivity contribution in [1.82, 2.24) is 9.55 Å². The second kappa shape index (κ2) is 8.22. The van der Waals surface area contributed by atoms with Crippen molar-refractivity contribution in [3.05, 3.63) is 92.8 Å². The standard InChI is InChI=1S/C24H23FN2O3/c1-15-4-3-5-21-26-23(16(2)24(29)27(15)21)30-14-17-6-8-18(9-7-17)22(28)19-10-12-20(25)13-11-19/h6-13,15H,3-5,14H2,1-2H3. The average Bonchev–Trinajstić information content (AvgIpc) is 2.75. The third kappa shape index (κ3) is 3.90. The number of aromatic nitrogens is 2. The molecule has 1 aliphatic rings. The van der Waals surface area contributed by atoms with Gasteiger partial charge in [-0.05, 0) is 56.5 Å². The highest BCUT2D eigenvalue weighted by atomic mass is 19.1. The maximum atomic E-state index is 13.0. The van der Waals surface area contributed by atoms with Crippen LogP contribution >= 0.6 is 0 Å². The Kier molecular flexibility index (Phi) is 5.48. The van der Waals surface area contributed by atoms with E-state index >= 15 is 0 Å². The minimum Gasteiger partial charge on any atom is -0.472 e. The third-order valence-electron chi connectivity index (χ3n) is 5.53. The van der Waals surface area contributed by atoms with Crippen molar-refractivity contribution in [2.75, 3.05) is 0 Å². The van der Waals surface area contributed by atoms with Crippen LogP contribution in [0.15, 0.2) is 53.3 Å². The number of hydrogen-bond acceptors (Lipinski definition) is 4. The van der Waals surface area contributed by atoms with Crippen LogP contribution in [0, 0.1) is 12.7 Å². The topological polar surface area (TPSA) is 61.2 Å². The molecule has 1 aromatic heterocycles. The molecule has 1 aliphatic heterocycles. The first kappa shape index (κ1) is 20.0. The van der Waals surface area contributed by atoms with E-state index in [0.717, 1.165) is 30.7 Å². The number of carbonyl (C=O) groups excluding carboxylic acids is 1. The van der Waals surface area contributed by atoms with E-state index in [1.807, 2.05) is 6.92 Å². The van der Waals surface area contributed by atoms with Gasteiger partial charge in [-0.15, -0.1) is 0 Å². The molecule has 1 unspecified atom stereocenters. The maximum Gasteiger partial charge on any atom is 0.260 e. The summed E-state index contributed by atoms with van der Waals surface area (Å²) in [5, 5.41) is 0. The van der Waals surface area contributed by atoms with E-state index in [0.29, 0.717) is 22.6 Å². The largest absolute Gasteiger partial charge is 0.472 e. The molecule has 1 atom stereocenters. The van der Waals surface area contributed by atoms with Crippen LogP contribution in [-0.2, 0) is 13.0 Å². The Morgan fingerprint density at radius 3 is 2.43 bits per heavy atom. The minimum absolute atomic E-state index is 0.0394. The number of carbonyl (C=O) groups is 1. The molecule has 3 aromatic rings. The van der Waals surface area contributed by atoms with E-state index < -0.39 is 0 Å². The van der Waals surface area contributed by atoms with Gasteiger partial charge in [0.2, 0.25) is 5.88 Å². The zero-order valence-electron chi connectivity index (χ0n) is 17.0. The van der Waals surface area contributed by atoms with Crippen molar-refractivity contribution in [2.24, 2.45) is 0 Å². The SMILES string of the molecule is Cc1c(OCc2ccc(C(=O)c3ccc(F)cc3)cc2)nc2n(c1=O)C(C)CCC2. The van der Waals surface area contributed by atoms with Crippen LogP contribution in [0.3, 0.4) is 0 Å². The molecule has 30 heavy (non-hydrogen) atoms. The molecular weight excluding hydrogens is 383 g/mol. The Bertz CT molecular complexity index is 1130. The highest BCUT2D eigenvalue weighted by Gasteiger charge is 2.22. The Morgan fingerprint density at radius 1 is 1.13 bits per heavy atom. The first-order valence-corrected chi connectivity index (χ1v) is 10.1. The number of benzene rings is 2. The molecule has 0 fully saturated rings. The van der Waals surface area contributed by atoms with Gasteiger partial charge in [0, 0.05) is 23.6 Å². The summed E-state index contributed by atoms with van der Waals surface area (Å²) >= 11 is 0. The van der Waals surface area contributed by atoms with Gasteiger partial charge in [-0.2, -0.15) is 4.98 Å². The van der Waals surface area contributed by atoms with E-state index in [2.05, 4.69) is 4.98 Å². The molecule has 154 valence electrons. The minimum atomic E-state index is -0.376. The lowest BCUT2D eigenvalue weighted by atomic mass is 10.0. The molecule has 6 heteroatoms. The highest BCUT2D eigenvalue weighted by Crippen LogP contribution is 2.24. The molecule has 4 rings (SSSR count). The molecular formula is C24H23FN2O3. The molecule has 0 saturated carbocycles. The van der Waals surface area contributed by atoms with Crippen molar-refractivity contribution in [3.8, 4) is 5.88 Å². The summed E-state index contributed by atoms with van der Waals surface area (Å²) in [6.45, 7) is 4.03. The van der Waals surface area contributed by atoms with Gasteiger partial charge >= 0.3 is 0 Å². The smallest absolute Gasteiger partial charge is 0.260 e. The number of hydrogen-bond donors (Lipinski definition) is 0. The second-order valence-corrected chi connectivity index (χ2v) is 7.70. The normalized spacial score (nSPS) is 15.5. The molecule has 0 spiro atoms. The van der Waals surface area contributed by atoms with Crippen LogP contribution in [0.5, 0.6) is 5.88 Å². The van der Waals surface area contributed by atoms with Crippen LogP contribution in [0.2, 0.25) is 0 Å². The van der Waals surface area contributed by atoms with Gasteiger partial charge in [0.15, 0.2) is 5.78 Å². The Labute approximate surface area is 174 Å². The van der Waals surface area contributed by atoms with Gasteiger partial charge in [-0.25, -0.2) is 4.39 Å². The van der Waals surface area contributed by atoms with Gasteiger partial charge < -0.3 is 4.74 Å². The molecule has 0 amide bonds. The van der Waals surface area contributed by atoms with E-state index in [1.54, 1.807) is 35.8 Å². The quantitative estimate of drug-likeness (QED) is 0.590. The number of aryl methyl sites for hydroxylation is 1. The Balaban J connectivity index is 1.48. The lowest BCUT2D eigenvalue weighted by molar-refractivity contribution is 0.103. The monoisotopic (exact) mass is 406 g/mol. The summed E-state index contributed by atoms with van der Waals surface area (Å²) in [5.41, 5.74) is 2.28. The van der Waals surface area contributed by atoms with E-state index in [-0.39, 0.29) is 29.8 Å². The molecule has 0 aliphatic carbocycles. The number of halogens is 1. The van der Waals surface area contributed by atoms with Crippen LogP contribution in [0.1, 0.15) is 58.7 Å². The molecule has 5 nitrogen and oxygen atoms in total. The van der Waals surface area contributed by atoms with Crippen molar-refractivity contribution in [1.29, 1.82) is 0 Å². The number of ether oxygens (including phenoxy) is 1. The molecule has 0 N–H and O–H groups in total. The zero-order valence-corrected chi connectivity index (χ0v) is 17.0. The molecule has 0 saturated heterocycles. The van der Waals surface area contributed by atoms with Gasteiger partial charge in [0.25, 0.3) is 5.56 Å². The van der Waals surface area contributed by atoms with E-state index in [9.17, 15) is 14.0 Å². The number of fused-ring (bicyclic) bond motifs is 1. The van der Waals surface area contributed by atoms with Crippen LogP contribution in [0.25, 0.3) is 0 Å². The van der Waals surface area contributed by atoms with Gasteiger partial charge in [-0.1, -0.05) is 24.3 Å². The van der Waals surface area contributed by atoms with Crippen molar-refractivity contribution < 1.29 is 13.9 Å². The first-order chi connectivity index (χ1) is 14.4. The van der Waals surface area contributed by atoms with Gasteiger partial charge in [0.05, 0.1) is 5.56 Å². The predicted octanol–water partition coefficient (Wildman–Crippen LogP) is 4.40. The zero-order chi connectivity index (χ0) is 21.3. The predicted molar refractivity (Wildman–Crippen MR) is 111 cm³/mol. The van der Waals surface area contributed by atoms with E-state index in [1.165, 1.54) is 24.3 Å². The lowest BCUT2D eigenvalue weighted by Crippen LogP contribution is -2.32. The summed E-state index contributed by atoms with van der Waals surface area (Å²) in [7, 11) is 0. The summed E-state index contributed by atoms with van der Waals surface area (Å²) in [6, 6.07) is 12.7. The van der Waals surface area contributed by atoms with Gasteiger partial charge in [0.1, 0.15) is 18.2 Å². The first-order valence-electron chi connectivity index (χ1n) is 10.1. The van der Waals surface area contributed by atoms with Crippen molar-refractivity contribution >= 4 is 5.78 Å². The highest BCUT2D eigenvalue weighted by molar-refractivity contribution is 6.08. The number of rotatable bonds is 5. The second-order valence-electron chi connectivity index (χ2n) is 7.70. The Hall–Kier alpha value is -3.28.